The first-order chi connectivity index (χ1) is 10.6. The standard InChI is InChI=1S/C17H20N2O2S/c1-17(21)8-5-10-19(11-9-17)16(20)14-12-18-15(22-14)13-6-3-2-4-7-13/h2-4,6-7,12,21H,5,8-11H2,1H3. The van der Waals surface area contributed by atoms with E-state index < -0.39 is 5.60 Å². The van der Waals surface area contributed by atoms with Crippen molar-refractivity contribution in [2.24, 2.45) is 0 Å². The molecule has 0 saturated carbocycles. The number of likely N-dealkylation sites (tertiary alicyclic amines) is 1. The summed E-state index contributed by atoms with van der Waals surface area (Å²) in [7, 11) is 0. The van der Waals surface area contributed by atoms with E-state index in [1.54, 1.807) is 6.20 Å². The van der Waals surface area contributed by atoms with Crippen LogP contribution < -0.4 is 0 Å². The molecule has 2 aromatic rings. The summed E-state index contributed by atoms with van der Waals surface area (Å²) in [6.07, 6.45) is 3.87. The monoisotopic (exact) mass is 316 g/mol. The van der Waals surface area contributed by atoms with Gasteiger partial charge in [-0.1, -0.05) is 30.3 Å². The number of thiazole rings is 1. The van der Waals surface area contributed by atoms with E-state index in [-0.39, 0.29) is 5.91 Å². The molecule has 22 heavy (non-hydrogen) atoms. The number of aromatic nitrogens is 1. The maximum Gasteiger partial charge on any atom is 0.265 e. The predicted molar refractivity (Wildman–Crippen MR) is 87.9 cm³/mol. The highest BCUT2D eigenvalue weighted by Crippen LogP contribution is 2.27. The van der Waals surface area contributed by atoms with Crippen LogP contribution in [0.15, 0.2) is 36.5 Å². The lowest BCUT2D eigenvalue weighted by Gasteiger charge is -2.22. The number of rotatable bonds is 2. The molecule has 1 aliphatic rings. The lowest BCUT2D eigenvalue weighted by molar-refractivity contribution is 0.0438. The number of hydrogen-bond acceptors (Lipinski definition) is 4. The Bertz CT molecular complexity index is 652. The van der Waals surface area contributed by atoms with Crippen LogP contribution in [-0.4, -0.2) is 39.6 Å². The molecule has 1 saturated heterocycles. The molecule has 1 aliphatic heterocycles. The SMILES string of the molecule is CC1(O)CCCN(C(=O)c2cnc(-c3ccccc3)s2)CC1. The zero-order valence-electron chi connectivity index (χ0n) is 12.7. The number of aliphatic hydroxyl groups is 1. The number of nitrogens with zero attached hydrogens (tertiary/aromatic N) is 2. The molecule has 1 aromatic carbocycles. The second kappa shape index (κ2) is 6.18. The van der Waals surface area contributed by atoms with E-state index in [0.29, 0.717) is 24.4 Å². The molecule has 0 radical (unpaired) electrons. The van der Waals surface area contributed by atoms with Crippen molar-refractivity contribution in [3.63, 3.8) is 0 Å². The van der Waals surface area contributed by atoms with E-state index in [9.17, 15) is 9.90 Å². The van der Waals surface area contributed by atoms with E-state index in [1.807, 2.05) is 42.2 Å². The van der Waals surface area contributed by atoms with Crippen LogP contribution in [0.25, 0.3) is 10.6 Å². The van der Waals surface area contributed by atoms with Crippen LogP contribution in [0.1, 0.15) is 35.9 Å². The van der Waals surface area contributed by atoms with Crippen LogP contribution in [0, 0.1) is 0 Å². The Morgan fingerprint density at radius 3 is 2.82 bits per heavy atom. The first-order valence-electron chi connectivity index (χ1n) is 7.58. The molecule has 1 N–H and O–H groups in total. The third-order valence-corrected chi connectivity index (χ3v) is 5.12. The van der Waals surface area contributed by atoms with Crippen molar-refractivity contribution in [2.45, 2.75) is 31.8 Å². The predicted octanol–water partition coefficient (Wildman–Crippen LogP) is 3.19. The number of amides is 1. The van der Waals surface area contributed by atoms with Gasteiger partial charge >= 0.3 is 0 Å². The molecular formula is C17H20N2O2S. The Kier molecular flexibility index (Phi) is 4.27. The molecule has 3 rings (SSSR count). The third kappa shape index (κ3) is 3.36. The summed E-state index contributed by atoms with van der Waals surface area (Å²) in [4.78, 5) is 19.5. The van der Waals surface area contributed by atoms with Crippen molar-refractivity contribution in [2.75, 3.05) is 13.1 Å². The summed E-state index contributed by atoms with van der Waals surface area (Å²) in [6, 6.07) is 9.89. The third-order valence-electron chi connectivity index (χ3n) is 4.09. The maximum absolute atomic E-state index is 12.6. The zero-order valence-corrected chi connectivity index (χ0v) is 13.5. The lowest BCUT2D eigenvalue weighted by atomic mass is 9.98. The minimum absolute atomic E-state index is 0.0254. The average molecular weight is 316 g/mol. The summed E-state index contributed by atoms with van der Waals surface area (Å²) in [6.45, 7) is 3.15. The number of benzene rings is 1. The molecule has 0 aliphatic carbocycles. The maximum atomic E-state index is 12.6. The highest BCUT2D eigenvalue weighted by atomic mass is 32.1. The minimum Gasteiger partial charge on any atom is -0.390 e. The van der Waals surface area contributed by atoms with Crippen LogP contribution in [0.3, 0.4) is 0 Å². The van der Waals surface area contributed by atoms with E-state index >= 15 is 0 Å². The summed E-state index contributed by atoms with van der Waals surface area (Å²) in [5.74, 6) is 0.0254. The minimum atomic E-state index is -0.655. The van der Waals surface area contributed by atoms with E-state index in [1.165, 1.54) is 11.3 Å². The molecule has 5 heteroatoms. The molecule has 2 heterocycles. The van der Waals surface area contributed by atoms with Gasteiger partial charge in [0.25, 0.3) is 5.91 Å². The highest BCUT2D eigenvalue weighted by Gasteiger charge is 2.28. The van der Waals surface area contributed by atoms with Crippen molar-refractivity contribution < 1.29 is 9.90 Å². The van der Waals surface area contributed by atoms with E-state index in [4.69, 9.17) is 0 Å². The molecule has 4 nitrogen and oxygen atoms in total. The van der Waals surface area contributed by atoms with E-state index in [0.717, 1.165) is 23.4 Å². The highest BCUT2D eigenvalue weighted by molar-refractivity contribution is 7.16. The van der Waals surface area contributed by atoms with Crippen LogP contribution >= 0.6 is 11.3 Å². The Balaban J connectivity index is 1.74. The molecule has 1 amide bonds. The van der Waals surface area contributed by atoms with Gasteiger partial charge in [-0.3, -0.25) is 4.79 Å². The van der Waals surface area contributed by atoms with Gasteiger partial charge in [-0.25, -0.2) is 4.98 Å². The van der Waals surface area contributed by atoms with E-state index in [2.05, 4.69) is 4.98 Å². The Morgan fingerprint density at radius 1 is 1.27 bits per heavy atom. The van der Waals surface area contributed by atoms with Gasteiger partial charge in [-0.2, -0.15) is 0 Å². The topological polar surface area (TPSA) is 53.4 Å². The smallest absolute Gasteiger partial charge is 0.265 e. The Morgan fingerprint density at radius 2 is 2.05 bits per heavy atom. The van der Waals surface area contributed by atoms with Gasteiger partial charge in [0.05, 0.1) is 11.8 Å². The fraction of sp³-hybridized carbons (Fsp3) is 0.412. The summed E-state index contributed by atoms with van der Waals surface area (Å²) in [5, 5.41) is 11.0. The van der Waals surface area contributed by atoms with Crippen molar-refractivity contribution in [3.05, 3.63) is 41.4 Å². The van der Waals surface area contributed by atoms with Crippen LogP contribution in [0.5, 0.6) is 0 Å². The summed E-state index contributed by atoms with van der Waals surface area (Å²) >= 11 is 1.43. The second-order valence-corrected chi connectivity index (χ2v) is 7.07. The van der Waals surface area contributed by atoms with Gasteiger partial charge in [0.15, 0.2) is 0 Å². The van der Waals surface area contributed by atoms with Crippen molar-refractivity contribution in [1.29, 1.82) is 0 Å². The first kappa shape index (κ1) is 15.2. The van der Waals surface area contributed by atoms with Gasteiger partial charge in [0.1, 0.15) is 9.88 Å². The van der Waals surface area contributed by atoms with Crippen molar-refractivity contribution in [3.8, 4) is 10.6 Å². The molecule has 1 atom stereocenters. The number of carbonyl (C=O) groups is 1. The van der Waals surface area contributed by atoms with Gasteiger partial charge in [-0.15, -0.1) is 11.3 Å². The fourth-order valence-electron chi connectivity index (χ4n) is 2.71. The van der Waals surface area contributed by atoms with Gasteiger partial charge in [0, 0.05) is 18.7 Å². The quantitative estimate of drug-likeness (QED) is 0.926. The van der Waals surface area contributed by atoms with Gasteiger partial charge < -0.3 is 10.0 Å². The lowest BCUT2D eigenvalue weighted by Crippen LogP contribution is -2.33. The molecule has 1 fully saturated rings. The Hall–Kier alpha value is -1.72. The van der Waals surface area contributed by atoms with Crippen LogP contribution in [0.4, 0.5) is 0 Å². The van der Waals surface area contributed by atoms with Gasteiger partial charge in [0.2, 0.25) is 0 Å². The molecular weight excluding hydrogens is 296 g/mol. The first-order valence-corrected chi connectivity index (χ1v) is 8.40. The molecule has 0 bridgehead atoms. The fourth-order valence-corrected chi connectivity index (χ4v) is 3.60. The van der Waals surface area contributed by atoms with Crippen LogP contribution in [0.2, 0.25) is 0 Å². The summed E-state index contributed by atoms with van der Waals surface area (Å²) < 4.78 is 0. The Labute approximate surface area is 134 Å². The summed E-state index contributed by atoms with van der Waals surface area (Å²) in [5.41, 5.74) is 0.378. The van der Waals surface area contributed by atoms with Crippen LogP contribution in [-0.2, 0) is 0 Å². The molecule has 1 aromatic heterocycles. The second-order valence-electron chi connectivity index (χ2n) is 6.04. The number of hydrogen-bond donors (Lipinski definition) is 1. The number of carbonyl (C=O) groups excluding carboxylic acids is 1. The normalized spacial score (nSPS) is 22.4. The molecule has 1 unspecified atom stereocenters. The van der Waals surface area contributed by atoms with Crippen molar-refractivity contribution in [1.82, 2.24) is 9.88 Å². The largest absolute Gasteiger partial charge is 0.390 e. The van der Waals surface area contributed by atoms with Gasteiger partial charge in [-0.05, 0) is 26.2 Å². The van der Waals surface area contributed by atoms with Crippen molar-refractivity contribution >= 4 is 17.2 Å². The zero-order chi connectivity index (χ0) is 15.6. The molecule has 0 spiro atoms. The average Bonchev–Trinajstić information content (AvgIpc) is 2.93. The molecule has 116 valence electrons.